The van der Waals surface area contributed by atoms with E-state index in [1.165, 1.54) is 0 Å². The van der Waals surface area contributed by atoms with E-state index in [1.54, 1.807) is 17.0 Å². The van der Waals surface area contributed by atoms with Gasteiger partial charge in [-0.3, -0.25) is 4.90 Å². The molecule has 3 fully saturated rings. The van der Waals surface area contributed by atoms with Gasteiger partial charge in [-0.15, -0.1) is 0 Å². The molecule has 2 saturated heterocycles. The molecule has 134 valence electrons. The van der Waals surface area contributed by atoms with Gasteiger partial charge in [-0.05, 0) is 24.6 Å². The Labute approximate surface area is 146 Å². The Hall–Kier alpha value is -2.28. The molecular formula is C18H23N3O4. The molecule has 1 aliphatic carbocycles. The second-order valence-corrected chi connectivity index (χ2v) is 7.46. The van der Waals surface area contributed by atoms with Gasteiger partial charge in [-0.1, -0.05) is 19.9 Å². The molecule has 2 heterocycles. The van der Waals surface area contributed by atoms with Crippen LogP contribution in [0.3, 0.4) is 0 Å². The zero-order valence-corrected chi connectivity index (χ0v) is 14.5. The van der Waals surface area contributed by atoms with Crippen LogP contribution in [0.2, 0.25) is 0 Å². The Kier molecular flexibility index (Phi) is 3.83. The third kappa shape index (κ3) is 2.72. The summed E-state index contributed by atoms with van der Waals surface area (Å²) in [6.07, 6.45) is 0.874. The Morgan fingerprint density at radius 1 is 1.32 bits per heavy atom. The van der Waals surface area contributed by atoms with Gasteiger partial charge in [-0.25, -0.2) is 9.59 Å². The van der Waals surface area contributed by atoms with E-state index in [4.69, 9.17) is 9.47 Å². The number of hydrogen-bond acceptors (Lipinski definition) is 4. The highest BCUT2D eigenvalue weighted by Gasteiger charge is 2.59. The van der Waals surface area contributed by atoms with Crippen LogP contribution in [0.25, 0.3) is 0 Å². The number of hydrogen-bond donors (Lipinski definition) is 2. The third-order valence-electron chi connectivity index (χ3n) is 5.56. The summed E-state index contributed by atoms with van der Waals surface area (Å²) in [5, 5.41) is 5.96. The fraction of sp³-hybridized carbons (Fsp3) is 0.556. The number of carbonyl (C=O) groups excluding carboxylic acids is 2. The van der Waals surface area contributed by atoms with Crippen LogP contribution in [0.5, 0.6) is 0 Å². The lowest BCUT2D eigenvalue weighted by atomic mass is 9.57. The summed E-state index contributed by atoms with van der Waals surface area (Å²) in [6.45, 7) is 5.94. The standard InChI is InChI=1S/C18H23N3O4/c1-18(2)14(13-6-8-24-15(13)18)20-16(22)19-11-4-3-5-12(10-11)21-7-9-25-17(21)23/h3-5,10,13-15H,6-9H2,1-2H3,(H2,19,20,22)/t13-,14+,15+/m0/s1. The minimum atomic E-state index is -0.356. The topological polar surface area (TPSA) is 79.9 Å². The van der Waals surface area contributed by atoms with Gasteiger partial charge in [0.2, 0.25) is 0 Å². The highest BCUT2D eigenvalue weighted by Crippen LogP contribution is 2.52. The predicted octanol–water partition coefficient (Wildman–Crippen LogP) is 2.58. The van der Waals surface area contributed by atoms with Crippen LogP contribution in [0, 0.1) is 11.3 Å². The number of urea groups is 1. The predicted molar refractivity (Wildman–Crippen MR) is 92.7 cm³/mol. The fourth-order valence-corrected chi connectivity index (χ4v) is 4.31. The molecule has 4 rings (SSSR count). The third-order valence-corrected chi connectivity index (χ3v) is 5.56. The number of nitrogens with zero attached hydrogens (tertiary/aromatic N) is 1. The number of benzene rings is 1. The van der Waals surface area contributed by atoms with E-state index >= 15 is 0 Å². The number of ether oxygens (including phenoxy) is 2. The van der Waals surface area contributed by atoms with Gasteiger partial charge in [0.05, 0.1) is 12.6 Å². The summed E-state index contributed by atoms with van der Waals surface area (Å²) in [7, 11) is 0. The molecule has 0 bridgehead atoms. The normalized spacial score (nSPS) is 29.6. The SMILES string of the molecule is CC1(C)[C@H](NC(=O)Nc2cccc(N3CCOC3=O)c2)[C@@H]2CCO[C@H]21. The van der Waals surface area contributed by atoms with Crippen LogP contribution in [-0.4, -0.2) is 44.0 Å². The molecule has 7 heteroatoms. The molecule has 1 aromatic rings. The first kappa shape index (κ1) is 16.2. The number of amides is 3. The molecule has 3 amide bonds. The number of nitrogens with one attached hydrogen (secondary N) is 2. The van der Waals surface area contributed by atoms with Crippen molar-refractivity contribution in [2.75, 3.05) is 30.0 Å². The molecule has 2 N–H and O–H groups in total. The summed E-state index contributed by atoms with van der Waals surface area (Å²) < 4.78 is 10.7. The lowest BCUT2D eigenvalue weighted by Gasteiger charge is -2.54. The Morgan fingerprint density at radius 2 is 2.16 bits per heavy atom. The van der Waals surface area contributed by atoms with Crippen LogP contribution in [0.15, 0.2) is 24.3 Å². The van der Waals surface area contributed by atoms with E-state index in [1.807, 2.05) is 12.1 Å². The molecule has 0 radical (unpaired) electrons. The quantitative estimate of drug-likeness (QED) is 0.882. The van der Waals surface area contributed by atoms with Crippen molar-refractivity contribution in [3.63, 3.8) is 0 Å². The van der Waals surface area contributed by atoms with Gasteiger partial charge in [-0.2, -0.15) is 0 Å². The van der Waals surface area contributed by atoms with Crippen LogP contribution in [0.4, 0.5) is 21.0 Å². The maximum Gasteiger partial charge on any atom is 0.414 e. The zero-order chi connectivity index (χ0) is 17.6. The lowest BCUT2D eigenvalue weighted by molar-refractivity contribution is -0.107. The number of fused-ring (bicyclic) bond motifs is 1. The van der Waals surface area contributed by atoms with E-state index in [0.717, 1.165) is 13.0 Å². The van der Waals surface area contributed by atoms with Crippen molar-refractivity contribution in [2.45, 2.75) is 32.4 Å². The number of carbonyl (C=O) groups is 2. The number of rotatable bonds is 3. The first-order chi connectivity index (χ1) is 12.0. The van der Waals surface area contributed by atoms with Crippen LogP contribution in [-0.2, 0) is 9.47 Å². The monoisotopic (exact) mass is 345 g/mol. The molecule has 1 aromatic carbocycles. The van der Waals surface area contributed by atoms with Gasteiger partial charge >= 0.3 is 12.1 Å². The molecule has 0 spiro atoms. The molecule has 0 unspecified atom stereocenters. The molecule has 7 nitrogen and oxygen atoms in total. The van der Waals surface area contributed by atoms with Crippen LogP contribution >= 0.6 is 0 Å². The summed E-state index contributed by atoms with van der Waals surface area (Å²) in [5.74, 6) is 0.395. The summed E-state index contributed by atoms with van der Waals surface area (Å²) >= 11 is 0. The average Bonchev–Trinajstić information content (AvgIpc) is 3.20. The highest BCUT2D eigenvalue weighted by molar-refractivity contribution is 5.93. The van der Waals surface area contributed by atoms with E-state index in [0.29, 0.717) is 30.4 Å². The van der Waals surface area contributed by atoms with Crippen LogP contribution < -0.4 is 15.5 Å². The average molecular weight is 345 g/mol. The first-order valence-electron chi connectivity index (χ1n) is 8.70. The Bertz CT molecular complexity index is 705. The maximum absolute atomic E-state index is 12.4. The molecular weight excluding hydrogens is 322 g/mol. The Morgan fingerprint density at radius 3 is 2.92 bits per heavy atom. The molecule has 1 saturated carbocycles. The number of anilines is 2. The van der Waals surface area contributed by atoms with E-state index in [-0.39, 0.29) is 29.7 Å². The molecule has 25 heavy (non-hydrogen) atoms. The largest absolute Gasteiger partial charge is 0.447 e. The van der Waals surface area contributed by atoms with E-state index < -0.39 is 0 Å². The minimum Gasteiger partial charge on any atom is -0.447 e. The smallest absolute Gasteiger partial charge is 0.414 e. The lowest BCUT2D eigenvalue weighted by Crippen LogP contribution is -2.67. The molecule has 3 aliphatic rings. The van der Waals surface area contributed by atoms with Gasteiger partial charge in [0.15, 0.2) is 0 Å². The van der Waals surface area contributed by atoms with Gasteiger partial charge in [0.1, 0.15) is 6.61 Å². The van der Waals surface area contributed by atoms with Crippen molar-refractivity contribution in [3.05, 3.63) is 24.3 Å². The number of cyclic esters (lactones) is 1. The van der Waals surface area contributed by atoms with Crippen molar-refractivity contribution >= 4 is 23.5 Å². The molecule has 0 aromatic heterocycles. The summed E-state index contributed by atoms with van der Waals surface area (Å²) in [6, 6.07) is 7.09. The molecule has 2 aliphatic heterocycles. The second kappa shape index (κ2) is 5.91. The van der Waals surface area contributed by atoms with E-state index in [2.05, 4.69) is 24.5 Å². The van der Waals surface area contributed by atoms with Gasteiger partial charge < -0.3 is 20.1 Å². The Balaban J connectivity index is 1.40. The van der Waals surface area contributed by atoms with Crippen molar-refractivity contribution in [1.82, 2.24) is 5.32 Å². The van der Waals surface area contributed by atoms with Gasteiger partial charge in [0, 0.05) is 35.4 Å². The summed E-state index contributed by atoms with van der Waals surface area (Å²) in [5.41, 5.74) is 1.30. The van der Waals surface area contributed by atoms with Gasteiger partial charge in [0.25, 0.3) is 0 Å². The molecule has 3 atom stereocenters. The minimum absolute atomic E-state index is 0.0559. The van der Waals surface area contributed by atoms with Crippen molar-refractivity contribution in [3.8, 4) is 0 Å². The summed E-state index contributed by atoms with van der Waals surface area (Å²) in [4.78, 5) is 25.6. The zero-order valence-electron chi connectivity index (χ0n) is 14.5. The fourth-order valence-electron chi connectivity index (χ4n) is 4.31. The van der Waals surface area contributed by atoms with Crippen molar-refractivity contribution in [1.29, 1.82) is 0 Å². The van der Waals surface area contributed by atoms with Crippen molar-refractivity contribution in [2.24, 2.45) is 11.3 Å². The second-order valence-electron chi connectivity index (χ2n) is 7.46. The first-order valence-corrected chi connectivity index (χ1v) is 8.70. The van der Waals surface area contributed by atoms with Crippen LogP contribution in [0.1, 0.15) is 20.3 Å². The highest BCUT2D eigenvalue weighted by atomic mass is 16.6. The van der Waals surface area contributed by atoms with E-state index in [9.17, 15) is 9.59 Å². The maximum atomic E-state index is 12.4. The van der Waals surface area contributed by atoms with Crippen molar-refractivity contribution < 1.29 is 19.1 Å².